The predicted octanol–water partition coefficient (Wildman–Crippen LogP) is 0.810. The molecule has 0 bridgehead atoms. The van der Waals surface area contributed by atoms with E-state index in [1.165, 1.54) is 0 Å². The molecule has 0 radical (unpaired) electrons. The third-order valence-electron chi connectivity index (χ3n) is 3.14. The van der Waals surface area contributed by atoms with Crippen LogP contribution >= 0.6 is 12.2 Å². The maximum absolute atomic E-state index is 12.5. The van der Waals surface area contributed by atoms with Crippen LogP contribution < -0.4 is 5.73 Å². The van der Waals surface area contributed by atoms with Gasteiger partial charge in [0.15, 0.2) is 0 Å². The molecule has 0 heterocycles. The van der Waals surface area contributed by atoms with Crippen molar-refractivity contribution in [1.82, 2.24) is 4.90 Å². The minimum absolute atomic E-state index is 0.0633. The first kappa shape index (κ1) is 17.3. The Morgan fingerprint density at radius 2 is 1.72 bits per heavy atom. The standard InChI is InChI=1S/C12H24N2O3S/c1-5-12(2,10(13)18)11(15)14(6-8-16-3)7-9-17-4/h5-9H2,1-4H3,(H2,13,18). The molecule has 106 valence electrons. The van der Waals surface area contributed by atoms with Crippen LogP contribution in [0.15, 0.2) is 0 Å². The molecule has 0 fully saturated rings. The van der Waals surface area contributed by atoms with E-state index in [0.29, 0.717) is 32.7 Å². The van der Waals surface area contributed by atoms with Crippen molar-refractivity contribution in [2.45, 2.75) is 20.3 Å². The van der Waals surface area contributed by atoms with Crippen molar-refractivity contribution in [3.05, 3.63) is 0 Å². The summed E-state index contributed by atoms with van der Waals surface area (Å²) in [5.41, 5.74) is 4.90. The summed E-state index contributed by atoms with van der Waals surface area (Å²) in [6, 6.07) is 0. The minimum atomic E-state index is -0.795. The van der Waals surface area contributed by atoms with Crippen molar-refractivity contribution in [2.24, 2.45) is 11.1 Å². The van der Waals surface area contributed by atoms with Gasteiger partial charge in [0.2, 0.25) is 5.91 Å². The lowest BCUT2D eigenvalue weighted by Gasteiger charge is -2.33. The van der Waals surface area contributed by atoms with E-state index in [1.807, 2.05) is 6.92 Å². The van der Waals surface area contributed by atoms with Gasteiger partial charge in [0.25, 0.3) is 0 Å². The SMILES string of the molecule is CCC(C)(C(=O)N(CCOC)CCOC)C(N)=S. The van der Waals surface area contributed by atoms with Crippen LogP contribution in [0.1, 0.15) is 20.3 Å². The molecule has 1 amide bonds. The second kappa shape index (κ2) is 8.39. The van der Waals surface area contributed by atoms with Gasteiger partial charge in [0.1, 0.15) is 0 Å². The quantitative estimate of drug-likeness (QED) is 0.631. The first-order valence-electron chi connectivity index (χ1n) is 6.01. The van der Waals surface area contributed by atoms with Crippen molar-refractivity contribution < 1.29 is 14.3 Å². The highest BCUT2D eigenvalue weighted by Gasteiger charge is 2.37. The predicted molar refractivity (Wildman–Crippen MR) is 75.5 cm³/mol. The number of nitrogens with zero attached hydrogens (tertiary/aromatic N) is 1. The third-order valence-corrected chi connectivity index (χ3v) is 3.59. The van der Waals surface area contributed by atoms with Gasteiger partial charge in [-0.05, 0) is 13.3 Å². The maximum Gasteiger partial charge on any atom is 0.235 e. The molecule has 0 aromatic heterocycles. The second-order valence-corrected chi connectivity index (χ2v) is 4.77. The smallest absolute Gasteiger partial charge is 0.235 e. The van der Waals surface area contributed by atoms with Crippen LogP contribution in [0.3, 0.4) is 0 Å². The lowest BCUT2D eigenvalue weighted by atomic mass is 9.85. The van der Waals surface area contributed by atoms with Gasteiger partial charge >= 0.3 is 0 Å². The molecule has 0 aliphatic rings. The van der Waals surface area contributed by atoms with Crippen LogP contribution in [0.5, 0.6) is 0 Å². The van der Waals surface area contributed by atoms with Gasteiger partial charge in [0.05, 0.1) is 23.6 Å². The van der Waals surface area contributed by atoms with Crippen molar-refractivity contribution in [1.29, 1.82) is 0 Å². The molecule has 0 aromatic carbocycles. The van der Waals surface area contributed by atoms with Crippen LogP contribution in [-0.4, -0.2) is 56.3 Å². The van der Waals surface area contributed by atoms with Crippen LogP contribution in [0.2, 0.25) is 0 Å². The highest BCUT2D eigenvalue weighted by Crippen LogP contribution is 2.24. The zero-order chi connectivity index (χ0) is 14.2. The molecule has 0 aliphatic heterocycles. The van der Waals surface area contributed by atoms with Crippen LogP contribution in [0.25, 0.3) is 0 Å². The van der Waals surface area contributed by atoms with Crippen molar-refractivity contribution >= 4 is 23.1 Å². The van der Waals surface area contributed by atoms with Crippen molar-refractivity contribution in [2.75, 3.05) is 40.5 Å². The van der Waals surface area contributed by atoms with Gasteiger partial charge in [-0.3, -0.25) is 4.79 Å². The Hall–Kier alpha value is -0.720. The van der Waals surface area contributed by atoms with E-state index in [9.17, 15) is 4.79 Å². The molecule has 0 aromatic rings. The van der Waals surface area contributed by atoms with Gasteiger partial charge in [0, 0.05) is 27.3 Å². The van der Waals surface area contributed by atoms with E-state index in [2.05, 4.69) is 0 Å². The van der Waals surface area contributed by atoms with E-state index < -0.39 is 5.41 Å². The Morgan fingerprint density at radius 3 is 2.00 bits per heavy atom. The molecule has 0 saturated heterocycles. The summed E-state index contributed by atoms with van der Waals surface area (Å²) < 4.78 is 10.0. The summed E-state index contributed by atoms with van der Waals surface area (Å²) in [5, 5.41) is 0. The van der Waals surface area contributed by atoms with E-state index in [1.54, 1.807) is 26.0 Å². The molecule has 2 N–H and O–H groups in total. The fraction of sp³-hybridized carbons (Fsp3) is 0.833. The fourth-order valence-corrected chi connectivity index (χ4v) is 1.73. The van der Waals surface area contributed by atoms with Crippen LogP contribution in [0, 0.1) is 5.41 Å². The molecule has 6 heteroatoms. The Morgan fingerprint density at radius 1 is 1.28 bits per heavy atom. The number of nitrogens with two attached hydrogens (primary N) is 1. The van der Waals surface area contributed by atoms with Gasteiger partial charge in [-0.2, -0.15) is 0 Å². The molecule has 1 atom stereocenters. The Labute approximate surface area is 115 Å². The van der Waals surface area contributed by atoms with E-state index in [0.717, 1.165) is 0 Å². The first-order valence-corrected chi connectivity index (χ1v) is 6.42. The van der Waals surface area contributed by atoms with Crippen molar-refractivity contribution in [3.63, 3.8) is 0 Å². The molecule has 5 nitrogen and oxygen atoms in total. The number of rotatable bonds is 9. The number of hydrogen-bond donors (Lipinski definition) is 1. The normalized spacial score (nSPS) is 14.0. The lowest BCUT2D eigenvalue weighted by Crippen LogP contribution is -2.50. The topological polar surface area (TPSA) is 64.8 Å². The van der Waals surface area contributed by atoms with Crippen LogP contribution in [-0.2, 0) is 14.3 Å². The Balaban J connectivity index is 4.85. The average molecular weight is 276 g/mol. The van der Waals surface area contributed by atoms with Crippen LogP contribution in [0.4, 0.5) is 0 Å². The zero-order valence-corrected chi connectivity index (χ0v) is 12.5. The number of carbonyl (C=O) groups is 1. The Bertz CT molecular complexity index is 278. The molecule has 0 rings (SSSR count). The monoisotopic (exact) mass is 276 g/mol. The van der Waals surface area contributed by atoms with Crippen molar-refractivity contribution in [3.8, 4) is 0 Å². The average Bonchev–Trinajstić information content (AvgIpc) is 2.37. The summed E-state index contributed by atoms with van der Waals surface area (Å²) in [6.07, 6.45) is 0.581. The number of carbonyl (C=O) groups excluding carboxylic acids is 1. The zero-order valence-electron chi connectivity index (χ0n) is 11.7. The maximum atomic E-state index is 12.5. The fourth-order valence-electron chi connectivity index (χ4n) is 1.50. The molecule has 0 saturated carbocycles. The summed E-state index contributed by atoms with van der Waals surface area (Å²) >= 11 is 5.02. The second-order valence-electron chi connectivity index (χ2n) is 4.33. The molecule has 0 spiro atoms. The summed E-state index contributed by atoms with van der Waals surface area (Å²) in [4.78, 5) is 14.4. The Kier molecular flexibility index (Phi) is 8.06. The number of thiocarbonyl (C=S) groups is 1. The van der Waals surface area contributed by atoms with Gasteiger partial charge in [-0.25, -0.2) is 0 Å². The largest absolute Gasteiger partial charge is 0.392 e. The number of ether oxygens (including phenoxy) is 2. The third kappa shape index (κ3) is 4.51. The van der Waals surface area contributed by atoms with Gasteiger partial charge in [-0.1, -0.05) is 19.1 Å². The molecular weight excluding hydrogens is 252 g/mol. The number of hydrogen-bond acceptors (Lipinski definition) is 4. The van der Waals surface area contributed by atoms with E-state index in [4.69, 9.17) is 27.4 Å². The van der Waals surface area contributed by atoms with Gasteiger partial charge < -0.3 is 20.1 Å². The lowest BCUT2D eigenvalue weighted by molar-refractivity contribution is -0.139. The molecular formula is C12H24N2O3S. The van der Waals surface area contributed by atoms with Gasteiger partial charge in [-0.15, -0.1) is 0 Å². The summed E-state index contributed by atoms with van der Waals surface area (Å²) in [5.74, 6) is -0.0633. The first-order chi connectivity index (χ1) is 8.43. The highest BCUT2D eigenvalue weighted by molar-refractivity contribution is 7.80. The minimum Gasteiger partial charge on any atom is -0.392 e. The summed E-state index contributed by atoms with van der Waals surface area (Å²) in [6.45, 7) is 5.67. The molecule has 1 unspecified atom stereocenters. The number of amides is 1. The molecule has 18 heavy (non-hydrogen) atoms. The van der Waals surface area contributed by atoms with E-state index in [-0.39, 0.29) is 10.9 Å². The number of methoxy groups -OCH3 is 2. The highest BCUT2D eigenvalue weighted by atomic mass is 32.1. The summed E-state index contributed by atoms with van der Waals surface area (Å²) in [7, 11) is 3.21. The molecule has 0 aliphatic carbocycles. The van der Waals surface area contributed by atoms with E-state index >= 15 is 0 Å².